The Morgan fingerprint density at radius 2 is 2.00 bits per heavy atom. The Morgan fingerprint density at radius 1 is 1.20 bits per heavy atom. The molecule has 0 spiro atoms. The van der Waals surface area contributed by atoms with E-state index in [4.69, 9.17) is 4.42 Å². The Morgan fingerprint density at radius 3 is 2.65 bits per heavy atom. The lowest BCUT2D eigenvalue weighted by molar-refractivity contribution is -0.121. The molecule has 106 valence electrons. The minimum absolute atomic E-state index is 0.0329. The largest absolute Gasteiger partial charge is 0.467 e. The highest BCUT2D eigenvalue weighted by Crippen LogP contribution is 2.22. The van der Waals surface area contributed by atoms with Gasteiger partial charge in [0.1, 0.15) is 11.8 Å². The zero-order valence-electron chi connectivity index (χ0n) is 11.6. The normalized spacial score (nSPS) is 12.1. The van der Waals surface area contributed by atoms with Crippen LogP contribution in [0, 0.1) is 0 Å². The fourth-order valence-electron chi connectivity index (χ4n) is 2.08. The Balaban J connectivity index is 2.06. The number of hydrogen-bond acceptors (Lipinski definition) is 3. The summed E-state index contributed by atoms with van der Waals surface area (Å²) < 4.78 is 5.45. The molecule has 1 amide bonds. The highest BCUT2D eigenvalue weighted by Gasteiger charge is 2.18. The predicted octanol–water partition coefficient (Wildman–Crippen LogP) is 2.48. The van der Waals surface area contributed by atoms with Crippen LogP contribution in [0.15, 0.2) is 53.1 Å². The lowest BCUT2D eigenvalue weighted by Crippen LogP contribution is -2.29. The number of hydrogen-bond donors (Lipinski definition) is 2. The molecule has 20 heavy (non-hydrogen) atoms. The molecule has 0 aliphatic carbocycles. The number of benzene rings is 1. The third-order valence-corrected chi connectivity index (χ3v) is 3.10. The minimum Gasteiger partial charge on any atom is -0.467 e. The van der Waals surface area contributed by atoms with Crippen LogP contribution >= 0.6 is 0 Å². The summed E-state index contributed by atoms with van der Waals surface area (Å²) in [7, 11) is 1.88. The predicted molar refractivity (Wildman–Crippen MR) is 78.3 cm³/mol. The number of rotatable bonds is 7. The molecule has 1 atom stereocenters. The van der Waals surface area contributed by atoms with Crippen LogP contribution in [0.5, 0.6) is 0 Å². The van der Waals surface area contributed by atoms with Crippen molar-refractivity contribution >= 4 is 5.91 Å². The molecular weight excluding hydrogens is 252 g/mol. The molecule has 2 rings (SSSR count). The summed E-state index contributed by atoms with van der Waals surface area (Å²) in [5.74, 6) is 0.781. The number of nitrogens with one attached hydrogen (secondary N) is 2. The van der Waals surface area contributed by atoms with Crippen LogP contribution in [0.3, 0.4) is 0 Å². The molecular formula is C16H20N2O2. The van der Waals surface area contributed by atoms with Crippen molar-refractivity contribution < 1.29 is 9.21 Å². The van der Waals surface area contributed by atoms with Crippen molar-refractivity contribution in [1.29, 1.82) is 0 Å². The van der Waals surface area contributed by atoms with Crippen LogP contribution < -0.4 is 10.6 Å². The summed E-state index contributed by atoms with van der Waals surface area (Å²) in [6, 6.07) is 13.3. The zero-order valence-corrected chi connectivity index (χ0v) is 11.6. The number of carbonyl (C=O) groups is 1. The lowest BCUT2D eigenvalue weighted by atomic mass is 10.0. The molecule has 0 radical (unpaired) electrons. The Kier molecular flexibility index (Phi) is 5.38. The van der Waals surface area contributed by atoms with Gasteiger partial charge in [-0.15, -0.1) is 0 Å². The molecule has 1 aromatic carbocycles. The van der Waals surface area contributed by atoms with Gasteiger partial charge in [0.05, 0.1) is 6.26 Å². The van der Waals surface area contributed by atoms with Crippen LogP contribution in [0.25, 0.3) is 0 Å². The molecule has 2 aromatic rings. The van der Waals surface area contributed by atoms with Gasteiger partial charge in [0.2, 0.25) is 5.91 Å². The summed E-state index contributed by atoms with van der Waals surface area (Å²) in [5.41, 5.74) is 1.02. The second-order valence-corrected chi connectivity index (χ2v) is 4.63. The Hall–Kier alpha value is -2.07. The lowest BCUT2D eigenvalue weighted by Gasteiger charge is -2.17. The van der Waals surface area contributed by atoms with Gasteiger partial charge < -0.3 is 15.1 Å². The van der Waals surface area contributed by atoms with Gasteiger partial charge in [0.25, 0.3) is 0 Å². The molecule has 0 saturated heterocycles. The van der Waals surface area contributed by atoms with Gasteiger partial charge >= 0.3 is 0 Å². The highest BCUT2D eigenvalue weighted by molar-refractivity contribution is 5.76. The molecule has 4 heteroatoms. The first kappa shape index (κ1) is 14.3. The van der Waals surface area contributed by atoms with Gasteiger partial charge in [-0.25, -0.2) is 0 Å². The monoisotopic (exact) mass is 272 g/mol. The summed E-state index contributed by atoms with van der Waals surface area (Å²) in [5, 5.41) is 6.07. The maximum atomic E-state index is 12.0. The molecule has 0 saturated carbocycles. The average Bonchev–Trinajstić information content (AvgIpc) is 3.00. The Bertz CT molecular complexity index is 509. The van der Waals surface area contributed by atoms with Crippen molar-refractivity contribution in [3.05, 3.63) is 60.1 Å². The second kappa shape index (κ2) is 7.50. The highest BCUT2D eigenvalue weighted by atomic mass is 16.3. The Labute approximate surface area is 119 Å². The van der Waals surface area contributed by atoms with Gasteiger partial charge in [0, 0.05) is 6.42 Å². The quantitative estimate of drug-likeness (QED) is 0.761. The van der Waals surface area contributed by atoms with Crippen molar-refractivity contribution in [2.24, 2.45) is 0 Å². The summed E-state index contributed by atoms with van der Waals surface area (Å²) >= 11 is 0. The van der Waals surface area contributed by atoms with Crippen LogP contribution in [0.1, 0.15) is 30.2 Å². The molecule has 1 unspecified atom stereocenters. The summed E-state index contributed by atoms with van der Waals surface area (Å²) in [6.45, 7) is 0.837. The van der Waals surface area contributed by atoms with Crippen molar-refractivity contribution in [3.8, 4) is 0 Å². The molecule has 0 bridgehead atoms. The smallest absolute Gasteiger partial charge is 0.220 e. The number of amides is 1. The number of carbonyl (C=O) groups excluding carboxylic acids is 1. The van der Waals surface area contributed by atoms with E-state index in [9.17, 15) is 4.79 Å². The van der Waals surface area contributed by atoms with E-state index in [-0.39, 0.29) is 11.9 Å². The van der Waals surface area contributed by atoms with Crippen LogP contribution in [-0.2, 0) is 4.79 Å². The van der Waals surface area contributed by atoms with Gasteiger partial charge in [-0.05, 0) is 37.7 Å². The molecule has 1 aromatic heterocycles. The summed E-state index contributed by atoms with van der Waals surface area (Å²) in [6.07, 6.45) is 2.95. The second-order valence-electron chi connectivity index (χ2n) is 4.63. The third kappa shape index (κ3) is 3.96. The summed E-state index contributed by atoms with van der Waals surface area (Å²) in [4.78, 5) is 12.0. The standard InChI is InChI=1S/C16H20N2O2/c1-17-11-5-10-15(19)18-16(14-9-6-12-20-14)13-7-3-2-4-8-13/h2-4,6-9,12,16-17H,5,10-11H2,1H3,(H,18,19). The molecule has 2 N–H and O–H groups in total. The van der Waals surface area contributed by atoms with E-state index in [1.165, 1.54) is 0 Å². The molecule has 0 aliphatic rings. The molecule has 0 aliphatic heterocycles. The first-order chi connectivity index (χ1) is 9.81. The van der Waals surface area contributed by atoms with E-state index in [2.05, 4.69) is 10.6 Å². The topological polar surface area (TPSA) is 54.3 Å². The van der Waals surface area contributed by atoms with Gasteiger partial charge in [0.15, 0.2) is 0 Å². The average molecular weight is 272 g/mol. The fraction of sp³-hybridized carbons (Fsp3) is 0.312. The van der Waals surface area contributed by atoms with Crippen molar-refractivity contribution in [3.63, 3.8) is 0 Å². The molecule has 4 nitrogen and oxygen atoms in total. The maximum Gasteiger partial charge on any atom is 0.220 e. The van der Waals surface area contributed by atoms with Crippen molar-refractivity contribution in [1.82, 2.24) is 10.6 Å². The first-order valence-electron chi connectivity index (χ1n) is 6.83. The van der Waals surface area contributed by atoms with Crippen molar-refractivity contribution in [2.75, 3.05) is 13.6 Å². The van der Waals surface area contributed by atoms with Crippen LogP contribution in [0.4, 0.5) is 0 Å². The zero-order chi connectivity index (χ0) is 14.2. The minimum atomic E-state index is -0.228. The van der Waals surface area contributed by atoms with E-state index in [0.29, 0.717) is 6.42 Å². The van der Waals surface area contributed by atoms with Gasteiger partial charge in [-0.2, -0.15) is 0 Å². The maximum absolute atomic E-state index is 12.0. The number of furan rings is 1. The van der Waals surface area contributed by atoms with Gasteiger partial charge in [-0.3, -0.25) is 4.79 Å². The molecule has 0 fully saturated rings. The van der Waals surface area contributed by atoms with Crippen LogP contribution in [0.2, 0.25) is 0 Å². The van der Waals surface area contributed by atoms with Gasteiger partial charge in [-0.1, -0.05) is 30.3 Å². The third-order valence-electron chi connectivity index (χ3n) is 3.10. The molecule has 1 heterocycles. The fourth-order valence-corrected chi connectivity index (χ4v) is 2.08. The van der Waals surface area contributed by atoms with Crippen LogP contribution in [-0.4, -0.2) is 19.5 Å². The first-order valence-corrected chi connectivity index (χ1v) is 6.83. The van der Waals surface area contributed by atoms with E-state index in [0.717, 1.165) is 24.3 Å². The van der Waals surface area contributed by atoms with E-state index < -0.39 is 0 Å². The van der Waals surface area contributed by atoms with Crippen molar-refractivity contribution in [2.45, 2.75) is 18.9 Å². The SMILES string of the molecule is CNCCCC(=O)NC(c1ccccc1)c1ccco1. The van der Waals surface area contributed by atoms with E-state index in [1.54, 1.807) is 6.26 Å². The van der Waals surface area contributed by atoms with E-state index >= 15 is 0 Å². The van der Waals surface area contributed by atoms with E-state index in [1.807, 2.05) is 49.5 Å².